The third kappa shape index (κ3) is 3.42. The van der Waals surface area contributed by atoms with Crippen LogP contribution in [0, 0.1) is 6.92 Å². The quantitative estimate of drug-likeness (QED) is 0.758. The Labute approximate surface area is 149 Å². The van der Waals surface area contributed by atoms with Gasteiger partial charge in [0.25, 0.3) is 5.91 Å². The number of aromatic nitrogens is 3. The van der Waals surface area contributed by atoms with E-state index in [1.165, 1.54) is 0 Å². The Bertz CT molecular complexity index is 878. The van der Waals surface area contributed by atoms with E-state index < -0.39 is 0 Å². The first-order chi connectivity index (χ1) is 11.6. The van der Waals surface area contributed by atoms with Gasteiger partial charge in [-0.1, -0.05) is 47.5 Å². The largest absolute Gasteiger partial charge is 0.306 e. The third-order valence-corrected chi connectivity index (χ3v) is 4.23. The van der Waals surface area contributed by atoms with Gasteiger partial charge in [-0.05, 0) is 30.7 Å². The van der Waals surface area contributed by atoms with Crippen molar-refractivity contribution in [1.82, 2.24) is 14.8 Å². The Balaban J connectivity index is 1.86. The van der Waals surface area contributed by atoms with Gasteiger partial charge in [-0.15, -0.1) is 0 Å². The Kier molecular flexibility index (Phi) is 4.83. The fourth-order valence-corrected chi connectivity index (χ4v) is 2.84. The van der Waals surface area contributed by atoms with E-state index in [1.807, 2.05) is 18.2 Å². The van der Waals surface area contributed by atoms with Crippen LogP contribution in [0.2, 0.25) is 10.2 Å². The summed E-state index contributed by atoms with van der Waals surface area (Å²) in [5.41, 5.74) is 1.75. The first kappa shape index (κ1) is 16.5. The molecule has 0 saturated carbocycles. The molecule has 1 N–H and O–H groups in total. The predicted octanol–water partition coefficient (Wildman–Crippen LogP) is 4.19. The number of aryl methyl sites for hydroxylation is 1. The van der Waals surface area contributed by atoms with E-state index in [4.69, 9.17) is 23.2 Å². The first-order valence-electron chi connectivity index (χ1n) is 7.25. The van der Waals surface area contributed by atoms with E-state index in [1.54, 1.807) is 42.1 Å². The van der Waals surface area contributed by atoms with Gasteiger partial charge in [0.05, 0.1) is 17.8 Å². The third-order valence-electron chi connectivity index (χ3n) is 3.48. The molecule has 2 heterocycles. The maximum absolute atomic E-state index is 12.5. The van der Waals surface area contributed by atoms with Gasteiger partial charge in [-0.25, -0.2) is 9.67 Å². The number of halogens is 2. The molecule has 3 aromatic rings. The van der Waals surface area contributed by atoms with Crippen LogP contribution in [-0.2, 0) is 6.54 Å². The average molecular weight is 361 g/mol. The summed E-state index contributed by atoms with van der Waals surface area (Å²) in [5, 5.41) is 7.96. The van der Waals surface area contributed by atoms with E-state index in [2.05, 4.69) is 15.4 Å². The van der Waals surface area contributed by atoms with Crippen LogP contribution in [0.15, 0.2) is 48.7 Å². The molecule has 0 fully saturated rings. The SMILES string of the molecule is Cc1nn(Cc2ccccc2Cl)c(Cl)c1C(=O)Nc1ccccn1. The van der Waals surface area contributed by atoms with Crippen LogP contribution < -0.4 is 5.32 Å². The number of nitrogens with zero attached hydrogens (tertiary/aromatic N) is 3. The fraction of sp³-hybridized carbons (Fsp3) is 0.118. The summed E-state index contributed by atoms with van der Waals surface area (Å²) in [6, 6.07) is 12.7. The van der Waals surface area contributed by atoms with Gasteiger partial charge >= 0.3 is 0 Å². The molecule has 3 rings (SSSR count). The number of anilines is 1. The molecule has 0 bridgehead atoms. The van der Waals surface area contributed by atoms with Crippen LogP contribution in [0.25, 0.3) is 0 Å². The zero-order valence-electron chi connectivity index (χ0n) is 12.8. The first-order valence-corrected chi connectivity index (χ1v) is 8.00. The number of rotatable bonds is 4. The summed E-state index contributed by atoms with van der Waals surface area (Å²) in [6.07, 6.45) is 1.60. The van der Waals surface area contributed by atoms with Crippen molar-refractivity contribution >= 4 is 34.9 Å². The van der Waals surface area contributed by atoms with Crippen LogP contribution in [0.3, 0.4) is 0 Å². The van der Waals surface area contributed by atoms with Gasteiger partial charge in [-0.2, -0.15) is 5.10 Å². The molecular formula is C17H14Cl2N4O. The van der Waals surface area contributed by atoms with Gasteiger partial charge < -0.3 is 5.32 Å². The molecule has 1 aromatic carbocycles. The Hall–Kier alpha value is -2.37. The van der Waals surface area contributed by atoms with Crippen LogP contribution in [0.1, 0.15) is 21.6 Å². The van der Waals surface area contributed by atoms with Crippen molar-refractivity contribution in [2.24, 2.45) is 0 Å². The molecule has 0 aliphatic heterocycles. The maximum Gasteiger partial charge on any atom is 0.261 e. The van der Waals surface area contributed by atoms with Crippen molar-refractivity contribution in [2.45, 2.75) is 13.5 Å². The second kappa shape index (κ2) is 7.03. The van der Waals surface area contributed by atoms with Gasteiger partial charge in [0.2, 0.25) is 0 Å². The molecule has 0 saturated heterocycles. The van der Waals surface area contributed by atoms with Gasteiger partial charge in [-0.3, -0.25) is 4.79 Å². The Morgan fingerprint density at radius 3 is 2.62 bits per heavy atom. The van der Waals surface area contributed by atoms with Crippen molar-refractivity contribution < 1.29 is 4.79 Å². The lowest BCUT2D eigenvalue weighted by Gasteiger charge is -2.06. The van der Waals surface area contributed by atoms with E-state index in [-0.39, 0.29) is 11.1 Å². The highest BCUT2D eigenvalue weighted by Crippen LogP contribution is 2.24. The molecular weight excluding hydrogens is 347 g/mol. The predicted molar refractivity (Wildman–Crippen MR) is 94.7 cm³/mol. The molecule has 0 aliphatic rings. The van der Waals surface area contributed by atoms with E-state index in [0.717, 1.165) is 5.56 Å². The summed E-state index contributed by atoms with van der Waals surface area (Å²) in [7, 11) is 0. The highest BCUT2D eigenvalue weighted by atomic mass is 35.5. The lowest BCUT2D eigenvalue weighted by molar-refractivity contribution is 0.102. The second-order valence-corrected chi connectivity index (χ2v) is 5.93. The lowest BCUT2D eigenvalue weighted by atomic mass is 10.2. The number of benzene rings is 1. The summed E-state index contributed by atoms with van der Waals surface area (Å²) >= 11 is 12.5. The van der Waals surface area contributed by atoms with Gasteiger partial charge in [0.15, 0.2) is 0 Å². The van der Waals surface area contributed by atoms with Crippen molar-refractivity contribution in [3.05, 3.63) is 75.7 Å². The summed E-state index contributed by atoms with van der Waals surface area (Å²) in [5.74, 6) is 0.110. The number of amides is 1. The topological polar surface area (TPSA) is 59.8 Å². The monoisotopic (exact) mass is 360 g/mol. The fourth-order valence-electron chi connectivity index (χ4n) is 2.32. The average Bonchev–Trinajstić information content (AvgIpc) is 2.84. The second-order valence-electron chi connectivity index (χ2n) is 5.17. The van der Waals surface area contributed by atoms with Crippen molar-refractivity contribution in [2.75, 3.05) is 5.32 Å². The molecule has 0 atom stereocenters. The van der Waals surface area contributed by atoms with Crippen LogP contribution in [0.4, 0.5) is 5.82 Å². The normalized spacial score (nSPS) is 10.6. The zero-order chi connectivity index (χ0) is 17.1. The number of carbonyl (C=O) groups excluding carboxylic acids is 1. The van der Waals surface area contributed by atoms with Crippen LogP contribution >= 0.6 is 23.2 Å². The van der Waals surface area contributed by atoms with Gasteiger partial charge in [0, 0.05) is 11.2 Å². The molecule has 7 heteroatoms. The number of hydrogen-bond donors (Lipinski definition) is 1. The molecule has 0 unspecified atom stereocenters. The smallest absolute Gasteiger partial charge is 0.261 e. The zero-order valence-corrected chi connectivity index (χ0v) is 14.3. The number of carbonyl (C=O) groups is 1. The molecule has 1 amide bonds. The summed E-state index contributed by atoms with van der Waals surface area (Å²) < 4.78 is 1.56. The van der Waals surface area contributed by atoms with Crippen LogP contribution in [-0.4, -0.2) is 20.7 Å². The number of nitrogens with one attached hydrogen (secondary N) is 1. The highest BCUT2D eigenvalue weighted by molar-refractivity contribution is 6.33. The van der Waals surface area contributed by atoms with E-state index >= 15 is 0 Å². The summed E-state index contributed by atoms with van der Waals surface area (Å²) in [4.78, 5) is 16.5. The minimum Gasteiger partial charge on any atom is -0.306 e. The highest BCUT2D eigenvalue weighted by Gasteiger charge is 2.21. The molecule has 24 heavy (non-hydrogen) atoms. The molecule has 5 nitrogen and oxygen atoms in total. The lowest BCUT2D eigenvalue weighted by Crippen LogP contribution is -2.14. The number of hydrogen-bond acceptors (Lipinski definition) is 3. The maximum atomic E-state index is 12.5. The Morgan fingerprint density at radius 1 is 1.17 bits per heavy atom. The molecule has 0 radical (unpaired) electrons. The minimum atomic E-state index is -0.346. The Morgan fingerprint density at radius 2 is 1.92 bits per heavy atom. The van der Waals surface area contributed by atoms with E-state index in [0.29, 0.717) is 28.6 Å². The van der Waals surface area contributed by atoms with Crippen molar-refractivity contribution in [3.8, 4) is 0 Å². The van der Waals surface area contributed by atoms with Gasteiger partial charge in [0.1, 0.15) is 11.0 Å². The molecule has 0 aliphatic carbocycles. The molecule has 122 valence electrons. The van der Waals surface area contributed by atoms with E-state index in [9.17, 15) is 4.79 Å². The minimum absolute atomic E-state index is 0.265. The summed E-state index contributed by atoms with van der Waals surface area (Å²) in [6.45, 7) is 2.12. The molecule has 0 spiro atoms. The van der Waals surface area contributed by atoms with Crippen LogP contribution in [0.5, 0.6) is 0 Å². The van der Waals surface area contributed by atoms with Crippen molar-refractivity contribution in [1.29, 1.82) is 0 Å². The van der Waals surface area contributed by atoms with Crippen molar-refractivity contribution in [3.63, 3.8) is 0 Å². The number of pyridine rings is 1. The molecule has 2 aromatic heterocycles. The standard InChI is InChI=1S/C17H14Cl2N4O/c1-11-15(17(24)21-14-8-4-5-9-20-14)16(19)23(22-11)10-12-6-2-3-7-13(12)18/h2-9H,10H2,1H3,(H,20,21,24).